The Morgan fingerprint density at radius 1 is 1.27 bits per heavy atom. The van der Waals surface area contributed by atoms with E-state index in [1.165, 1.54) is 13.0 Å². The van der Waals surface area contributed by atoms with Crippen molar-refractivity contribution >= 4 is 21.5 Å². The van der Waals surface area contributed by atoms with Gasteiger partial charge < -0.3 is 10.4 Å². The fourth-order valence-electron chi connectivity index (χ4n) is 3.54. The number of hydrogen-bond donors (Lipinski definition) is 3. The predicted molar refractivity (Wildman–Crippen MR) is 126 cm³/mol. The Kier molecular flexibility index (Phi) is 5.98. The molecule has 10 heteroatoms. The summed E-state index contributed by atoms with van der Waals surface area (Å²) in [4.78, 5) is 4.53. The molecule has 0 saturated heterocycles. The van der Waals surface area contributed by atoms with E-state index in [1.807, 2.05) is 13.0 Å². The van der Waals surface area contributed by atoms with Gasteiger partial charge in [0.1, 0.15) is 17.2 Å². The Balaban J connectivity index is 1.51. The van der Waals surface area contributed by atoms with E-state index in [0.29, 0.717) is 22.7 Å². The molecule has 0 saturated carbocycles. The maximum atomic E-state index is 14.5. The lowest BCUT2D eigenvalue weighted by Crippen LogP contribution is -2.33. The fourth-order valence-corrected chi connectivity index (χ4v) is 4.72. The van der Waals surface area contributed by atoms with E-state index < -0.39 is 21.6 Å². The molecule has 1 aliphatic carbocycles. The molecule has 0 aliphatic heterocycles. The fraction of sp³-hybridized carbons (Fsp3) is 0.304. The minimum atomic E-state index is -3.85. The number of alkyl halides is 1. The van der Waals surface area contributed by atoms with E-state index in [0.717, 1.165) is 11.6 Å². The van der Waals surface area contributed by atoms with Crippen LogP contribution in [0.2, 0.25) is 0 Å². The monoisotopic (exact) mass is 471 g/mol. The number of nitrogens with zero attached hydrogens (tertiary/aromatic N) is 3. The third kappa shape index (κ3) is 4.62. The highest BCUT2D eigenvalue weighted by Gasteiger charge is 2.32. The first-order valence-corrected chi connectivity index (χ1v) is 12.0. The van der Waals surface area contributed by atoms with Gasteiger partial charge in [-0.3, -0.25) is 0 Å². The van der Waals surface area contributed by atoms with Crippen LogP contribution in [0.4, 0.5) is 10.2 Å². The van der Waals surface area contributed by atoms with Crippen molar-refractivity contribution in [2.45, 2.75) is 26.4 Å². The minimum Gasteiger partial charge on any atom is -0.507 e. The van der Waals surface area contributed by atoms with Gasteiger partial charge >= 0.3 is 0 Å². The Morgan fingerprint density at radius 3 is 2.76 bits per heavy atom. The highest BCUT2D eigenvalue weighted by atomic mass is 32.2. The number of nitrogens with one attached hydrogen (secondary N) is 2. The van der Waals surface area contributed by atoms with Crippen molar-refractivity contribution in [2.75, 3.05) is 18.4 Å². The maximum Gasteiger partial charge on any atom is 0.240 e. The lowest BCUT2D eigenvalue weighted by Gasteiger charge is -2.26. The molecule has 0 bridgehead atoms. The van der Waals surface area contributed by atoms with Gasteiger partial charge in [0.05, 0.1) is 16.8 Å². The van der Waals surface area contributed by atoms with Crippen molar-refractivity contribution < 1.29 is 17.9 Å². The molecule has 2 atom stereocenters. The summed E-state index contributed by atoms with van der Waals surface area (Å²) in [6.07, 6.45) is 5.81. The summed E-state index contributed by atoms with van der Waals surface area (Å²) in [5, 5.41) is 17.7. The topological polar surface area (TPSA) is 109 Å². The lowest BCUT2D eigenvalue weighted by molar-refractivity contribution is 0.199. The predicted octanol–water partition coefficient (Wildman–Crippen LogP) is 3.56. The zero-order chi connectivity index (χ0) is 23.8. The third-order valence-corrected chi connectivity index (χ3v) is 7.18. The van der Waals surface area contributed by atoms with Crippen molar-refractivity contribution in [1.29, 1.82) is 0 Å². The van der Waals surface area contributed by atoms with Gasteiger partial charge in [0, 0.05) is 36.2 Å². The number of aryl methyl sites for hydroxylation is 1. The van der Waals surface area contributed by atoms with Gasteiger partial charge in [0.15, 0.2) is 5.65 Å². The number of phenolic OH excluding ortho intramolecular Hbond substituents is 1. The molecule has 3 aromatic rings. The van der Waals surface area contributed by atoms with Crippen LogP contribution in [0.15, 0.2) is 59.7 Å². The summed E-state index contributed by atoms with van der Waals surface area (Å²) in [6.45, 7) is 5.26. The normalized spacial score (nSPS) is 20.7. The van der Waals surface area contributed by atoms with Crippen LogP contribution in [-0.2, 0) is 10.0 Å². The number of phenols is 1. The van der Waals surface area contributed by atoms with Crippen LogP contribution in [0.5, 0.6) is 5.75 Å². The van der Waals surface area contributed by atoms with Gasteiger partial charge in [-0.05, 0) is 38.1 Å². The van der Waals surface area contributed by atoms with E-state index in [1.54, 1.807) is 48.0 Å². The van der Waals surface area contributed by atoms with E-state index in [2.05, 4.69) is 20.1 Å². The number of anilines is 1. The smallest absolute Gasteiger partial charge is 0.240 e. The number of benzene rings is 1. The summed E-state index contributed by atoms with van der Waals surface area (Å²) < 4.78 is 43.9. The van der Waals surface area contributed by atoms with Crippen LogP contribution >= 0.6 is 0 Å². The maximum absolute atomic E-state index is 14.5. The van der Waals surface area contributed by atoms with Crippen LogP contribution in [0.1, 0.15) is 19.4 Å². The van der Waals surface area contributed by atoms with Crippen LogP contribution in [0, 0.1) is 12.8 Å². The molecule has 33 heavy (non-hydrogen) atoms. The molecule has 174 valence electrons. The number of hydrogen-bond acceptors (Lipinski definition) is 6. The summed E-state index contributed by atoms with van der Waals surface area (Å²) in [5.41, 5.74) is 0.880. The largest absolute Gasteiger partial charge is 0.507 e. The molecule has 3 N–H and O–H groups in total. The first-order chi connectivity index (χ1) is 15.6. The summed E-state index contributed by atoms with van der Waals surface area (Å²) >= 11 is 0. The molecule has 2 aromatic heterocycles. The summed E-state index contributed by atoms with van der Waals surface area (Å²) in [6, 6.07) is 8.64. The van der Waals surface area contributed by atoms with Crippen LogP contribution < -0.4 is 10.0 Å². The molecule has 0 spiro atoms. The number of aromatic hydroxyl groups is 1. The molecule has 8 nitrogen and oxygen atoms in total. The van der Waals surface area contributed by atoms with E-state index in [9.17, 15) is 17.9 Å². The van der Waals surface area contributed by atoms with Gasteiger partial charge in [-0.2, -0.15) is 9.61 Å². The standard InChI is InChI=1S/C23H26FN5O3S/c1-15-14-26-29-21(12-19(28-22(15)29)18-6-4-5-7-20(18)30)25-10-11-27-33(31,32)17-9-8-16(2)23(3,24)13-17/h4-9,12-14,16,25,27,30H,10-11H2,1-3H3. The van der Waals surface area contributed by atoms with Crippen molar-refractivity contribution in [1.82, 2.24) is 19.3 Å². The number of aromatic nitrogens is 3. The van der Waals surface area contributed by atoms with Crippen LogP contribution in [-0.4, -0.2) is 46.9 Å². The Bertz CT molecular complexity index is 1360. The van der Waals surface area contributed by atoms with Crippen LogP contribution in [0.3, 0.4) is 0 Å². The SMILES string of the molecule is Cc1cnn2c(NCCNS(=O)(=O)C3=CC(C)(F)C(C)C=C3)cc(-c3ccccc3O)nc12. The van der Waals surface area contributed by atoms with Gasteiger partial charge in [0.2, 0.25) is 10.0 Å². The average molecular weight is 472 g/mol. The molecule has 0 radical (unpaired) electrons. The third-order valence-electron chi connectivity index (χ3n) is 5.73. The summed E-state index contributed by atoms with van der Waals surface area (Å²) in [7, 11) is -3.85. The second kappa shape index (κ2) is 8.60. The number of allylic oxidation sites excluding steroid dienone is 3. The zero-order valence-corrected chi connectivity index (χ0v) is 19.4. The van der Waals surface area contributed by atoms with Crippen molar-refractivity contribution in [3.8, 4) is 17.0 Å². The second-order valence-electron chi connectivity index (χ2n) is 8.28. The quantitative estimate of drug-likeness (QED) is 0.455. The average Bonchev–Trinajstić information content (AvgIpc) is 3.14. The molecule has 1 aliphatic rings. The zero-order valence-electron chi connectivity index (χ0n) is 18.6. The number of rotatable bonds is 7. The number of para-hydroxylation sites is 1. The van der Waals surface area contributed by atoms with E-state index in [4.69, 9.17) is 0 Å². The molecule has 0 amide bonds. The second-order valence-corrected chi connectivity index (χ2v) is 10.0. The van der Waals surface area contributed by atoms with Gasteiger partial charge in [0.25, 0.3) is 0 Å². The molecule has 4 rings (SSSR count). The Morgan fingerprint density at radius 2 is 2.03 bits per heavy atom. The Hall–Kier alpha value is -3.24. The van der Waals surface area contributed by atoms with Crippen LogP contribution in [0.25, 0.3) is 16.9 Å². The number of sulfonamides is 1. The molecular formula is C23H26FN5O3S. The highest BCUT2D eigenvalue weighted by Crippen LogP contribution is 2.32. The van der Waals surface area contributed by atoms with E-state index in [-0.39, 0.29) is 23.7 Å². The van der Waals surface area contributed by atoms with Crippen molar-refractivity contribution in [3.05, 3.63) is 65.2 Å². The van der Waals surface area contributed by atoms with E-state index >= 15 is 0 Å². The molecule has 0 fully saturated rings. The molecule has 2 unspecified atom stereocenters. The van der Waals surface area contributed by atoms with Crippen molar-refractivity contribution in [3.63, 3.8) is 0 Å². The van der Waals surface area contributed by atoms with Gasteiger partial charge in [-0.25, -0.2) is 22.5 Å². The van der Waals surface area contributed by atoms with Gasteiger partial charge in [-0.15, -0.1) is 0 Å². The minimum absolute atomic E-state index is 0.0715. The number of halogens is 1. The first kappa shape index (κ1) is 22.9. The number of fused-ring (bicyclic) bond motifs is 1. The highest BCUT2D eigenvalue weighted by molar-refractivity contribution is 7.93. The Labute approximate surface area is 191 Å². The first-order valence-electron chi connectivity index (χ1n) is 10.6. The molecule has 1 aromatic carbocycles. The van der Waals surface area contributed by atoms with Gasteiger partial charge in [-0.1, -0.05) is 25.1 Å². The lowest BCUT2D eigenvalue weighted by atomic mass is 9.89. The summed E-state index contributed by atoms with van der Waals surface area (Å²) in [5.74, 6) is 0.295. The molecular weight excluding hydrogens is 445 g/mol. The molecule has 2 heterocycles. The van der Waals surface area contributed by atoms with Crippen molar-refractivity contribution in [2.24, 2.45) is 5.92 Å².